The Morgan fingerprint density at radius 3 is 2.54 bits per heavy atom. The summed E-state index contributed by atoms with van der Waals surface area (Å²) in [6, 6.07) is 7.11. The van der Waals surface area contributed by atoms with Gasteiger partial charge in [-0.25, -0.2) is 9.78 Å². The summed E-state index contributed by atoms with van der Waals surface area (Å²) in [5.41, 5.74) is -0.411. The molecular formula is C16H15F2N3O3. The van der Waals surface area contributed by atoms with Crippen LogP contribution in [0.25, 0.3) is 0 Å². The number of nitrogens with one attached hydrogen (secondary N) is 1. The Kier molecular flexibility index (Phi) is 4.04. The summed E-state index contributed by atoms with van der Waals surface area (Å²) in [5, 5.41) is 9.04. The van der Waals surface area contributed by atoms with E-state index in [4.69, 9.17) is 5.11 Å². The quantitative estimate of drug-likeness (QED) is 0.879. The predicted molar refractivity (Wildman–Crippen MR) is 81.3 cm³/mol. The van der Waals surface area contributed by atoms with E-state index in [2.05, 4.69) is 9.97 Å². The number of rotatable bonds is 2. The third-order valence-corrected chi connectivity index (χ3v) is 4.06. The molecule has 0 spiro atoms. The summed E-state index contributed by atoms with van der Waals surface area (Å²) in [7, 11) is 0. The largest absolute Gasteiger partial charge is 0.465 e. The smallest absolute Gasteiger partial charge is 0.407 e. The van der Waals surface area contributed by atoms with Crippen molar-refractivity contribution in [3.63, 3.8) is 0 Å². The first-order valence-electron chi connectivity index (χ1n) is 7.43. The van der Waals surface area contributed by atoms with Crippen molar-refractivity contribution < 1.29 is 18.7 Å². The number of nitrogens with zero attached hydrogens (tertiary/aromatic N) is 2. The molecule has 0 saturated heterocycles. The molecule has 1 aliphatic rings. The third-order valence-electron chi connectivity index (χ3n) is 4.06. The Labute approximate surface area is 135 Å². The monoisotopic (exact) mass is 335 g/mol. The first kappa shape index (κ1) is 16.1. The number of hydrogen-bond acceptors (Lipinski definition) is 3. The van der Waals surface area contributed by atoms with E-state index in [1.807, 2.05) is 0 Å². The molecule has 0 unspecified atom stereocenters. The van der Waals surface area contributed by atoms with Gasteiger partial charge in [-0.15, -0.1) is 0 Å². The van der Waals surface area contributed by atoms with Gasteiger partial charge in [-0.05, 0) is 6.42 Å². The van der Waals surface area contributed by atoms with E-state index >= 15 is 0 Å². The number of aromatic nitrogens is 2. The molecule has 2 N–H and O–H groups in total. The molecule has 1 aromatic carbocycles. The van der Waals surface area contributed by atoms with Crippen LogP contribution in [0, 0.1) is 0 Å². The maximum atomic E-state index is 14.6. The minimum absolute atomic E-state index is 0.120. The van der Waals surface area contributed by atoms with Crippen molar-refractivity contribution >= 4 is 6.09 Å². The number of benzene rings is 1. The standard InChI is InChI=1S/C16H15F2N3O3/c17-16(18,10-4-2-1-3-5-10)14-19-12-7-9-21(15(23)24)8-6-11(12)13(22)20-14/h1-5H,6-9H2,(H,23,24)(H,19,20,22). The Hall–Kier alpha value is -2.77. The number of halogens is 2. The van der Waals surface area contributed by atoms with Crippen molar-refractivity contribution in [3.05, 3.63) is 63.3 Å². The van der Waals surface area contributed by atoms with E-state index in [1.54, 1.807) is 6.07 Å². The summed E-state index contributed by atoms with van der Waals surface area (Å²) in [5.74, 6) is -4.16. The van der Waals surface area contributed by atoms with Gasteiger partial charge in [0.1, 0.15) is 0 Å². The van der Waals surface area contributed by atoms with Crippen LogP contribution in [-0.2, 0) is 18.8 Å². The van der Waals surface area contributed by atoms with Crippen molar-refractivity contribution in [3.8, 4) is 0 Å². The van der Waals surface area contributed by atoms with Gasteiger partial charge < -0.3 is 15.0 Å². The molecule has 0 bridgehead atoms. The van der Waals surface area contributed by atoms with Gasteiger partial charge in [0.05, 0.1) is 5.69 Å². The number of fused-ring (bicyclic) bond motifs is 1. The van der Waals surface area contributed by atoms with E-state index in [0.29, 0.717) is 0 Å². The van der Waals surface area contributed by atoms with Crippen LogP contribution in [0.15, 0.2) is 35.1 Å². The number of alkyl halides is 2. The van der Waals surface area contributed by atoms with Crippen molar-refractivity contribution in [1.29, 1.82) is 0 Å². The van der Waals surface area contributed by atoms with E-state index in [1.165, 1.54) is 24.3 Å². The number of carboxylic acid groups (broad SMARTS) is 1. The van der Waals surface area contributed by atoms with Crippen molar-refractivity contribution in [2.45, 2.75) is 18.8 Å². The Balaban J connectivity index is 2.01. The van der Waals surface area contributed by atoms with E-state index < -0.39 is 23.4 Å². The van der Waals surface area contributed by atoms with Crippen LogP contribution in [0.3, 0.4) is 0 Å². The van der Waals surface area contributed by atoms with E-state index in [-0.39, 0.29) is 42.8 Å². The summed E-state index contributed by atoms with van der Waals surface area (Å²) >= 11 is 0. The second-order valence-corrected chi connectivity index (χ2v) is 5.55. The minimum atomic E-state index is -3.44. The highest BCUT2D eigenvalue weighted by molar-refractivity contribution is 5.65. The highest BCUT2D eigenvalue weighted by Crippen LogP contribution is 2.33. The van der Waals surface area contributed by atoms with Gasteiger partial charge in [-0.1, -0.05) is 30.3 Å². The molecule has 0 radical (unpaired) electrons. The van der Waals surface area contributed by atoms with Crippen molar-refractivity contribution in [1.82, 2.24) is 14.9 Å². The molecule has 0 saturated carbocycles. The first-order chi connectivity index (χ1) is 11.4. The SMILES string of the molecule is O=C(O)N1CCc2nc(C(F)(F)c3ccccc3)[nH]c(=O)c2CC1. The molecule has 1 amide bonds. The summed E-state index contributed by atoms with van der Waals surface area (Å²) in [6.45, 7) is 0.261. The summed E-state index contributed by atoms with van der Waals surface area (Å²) in [6.07, 6.45) is -0.820. The van der Waals surface area contributed by atoms with Crippen LogP contribution in [0.1, 0.15) is 22.6 Å². The number of amides is 1. The van der Waals surface area contributed by atoms with Gasteiger partial charge >= 0.3 is 12.0 Å². The van der Waals surface area contributed by atoms with Crippen molar-refractivity contribution in [2.75, 3.05) is 13.1 Å². The molecule has 8 heteroatoms. The van der Waals surface area contributed by atoms with Crippen molar-refractivity contribution in [2.24, 2.45) is 0 Å². The second-order valence-electron chi connectivity index (χ2n) is 5.55. The second kappa shape index (κ2) is 6.03. The fourth-order valence-corrected chi connectivity index (χ4v) is 2.73. The lowest BCUT2D eigenvalue weighted by molar-refractivity contribution is 0.0322. The average Bonchev–Trinajstić information content (AvgIpc) is 2.78. The van der Waals surface area contributed by atoms with Gasteiger partial charge in [0, 0.05) is 30.6 Å². The number of carbonyl (C=O) groups is 1. The van der Waals surface area contributed by atoms with E-state index in [9.17, 15) is 18.4 Å². The van der Waals surface area contributed by atoms with Gasteiger partial charge in [-0.3, -0.25) is 4.79 Å². The summed E-state index contributed by atoms with van der Waals surface area (Å²) < 4.78 is 29.2. The third kappa shape index (κ3) is 2.86. The fourth-order valence-electron chi connectivity index (χ4n) is 2.73. The van der Waals surface area contributed by atoms with Crippen LogP contribution in [0.2, 0.25) is 0 Å². The Morgan fingerprint density at radius 1 is 1.21 bits per heavy atom. The molecule has 0 atom stereocenters. The molecule has 6 nitrogen and oxygen atoms in total. The van der Waals surface area contributed by atoms with Crippen LogP contribution < -0.4 is 5.56 Å². The highest BCUT2D eigenvalue weighted by atomic mass is 19.3. The molecule has 0 fully saturated rings. The minimum Gasteiger partial charge on any atom is -0.465 e. The zero-order valence-electron chi connectivity index (χ0n) is 12.6. The molecule has 1 aliphatic heterocycles. The number of hydrogen-bond donors (Lipinski definition) is 2. The van der Waals surface area contributed by atoms with Crippen LogP contribution in [0.5, 0.6) is 0 Å². The first-order valence-corrected chi connectivity index (χ1v) is 7.43. The molecular weight excluding hydrogens is 320 g/mol. The Morgan fingerprint density at radius 2 is 1.88 bits per heavy atom. The Bertz CT molecular complexity index is 821. The lowest BCUT2D eigenvalue weighted by Gasteiger charge is -2.17. The molecule has 1 aromatic heterocycles. The summed E-state index contributed by atoms with van der Waals surface area (Å²) in [4.78, 5) is 30.5. The number of H-pyrrole nitrogens is 1. The molecule has 2 heterocycles. The number of aromatic amines is 1. The maximum absolute atomic E-state index is 14.6. The molecule has 126 valence electrons. The van der Waals surface area contributed by atoms with Crippen LogP contribution in [-0.4, -0.2) is 39.2 Å². The molecule has 3 rings (SSSR count). The van der Waals surface area contributed by atoms with Gasteiger partial charge in [0.15, 0.2) is 5.82 Å². The van der Waals surface area contributed by atoms with Gasteiger partial charge in [0.2, 0.25) is 0 Å². The molecule has 2 aromatic rings. The van der Waals surface area contributed by atoms with Gasteiger partial charge in [0.25, 0.3) is 5.56 Å². The molecule has 0 aliphatic carbocycles. The highest BCUT2D eigenvalue weighted by Gasteiger charge is 2.38. The maximum Gasteiger partial charge on any atom is 0.407 e. The zero-order valence-corrected chi connectivity index (χ0v) is 12.6. The molecule has 24 heavy (non-hydrogen) atoms. The van der Waals surface area contributed by atoms with Gasteiger partial charge in [-0.2, -0.15) is 8.78 Å². The normalized spacial score (nSPS) is 14.8. The van der Waals surface area contributed by atoms with Crippen LogP contribution >= 0.6 is 0 Å². The zero-order chi connectivity index (χ0) is 17.3. The average molecular weight is 335 g/mol. The lowest BCUT2D eigenvalue weighted by atomic mass is 10.1. The van der Waals surface area contributed by atoms with E-state index in [0.717, 1.165) is 4.90 Å². The predicted octanol–water partition coefficient (Wildman–Crippen LogP) is 1.99. The fraction of sp³-hybridized carbons (Fsp3) is 0.312. The topological polar surface area (TPSA) is 86.3 Å². The lowest BCUT2D eigenvalue weighted by Crippen LogP contribution is -2.31. The van der Waals surface area contributed by atoms with Crippen LogP contribution in [0.4, 0.5) is 13.6 Å².